The number of benzene rings is 1. The number of ether oxygens (including phenoxy) is 1. The number of furan rings is 1. The number of ketones is 1. The first-order chi connectivity index (χ1) is 16.0. The Bertz CT molecular complexity index is 1150. The van der Waals surface area contributed by atoms with Crippen molar-refractivity contribution in [3.8, 4) is 5.75 Å². The molecule has 1 aliphatic heterocycles. The van der Waals surface area contributed by atoms with Crippen LogP contribution < -0.4 is 14.4 Å². The van der Waals surface area contributed by atoms with Crippen LogP contribution in [0.2, 0.25) is 0 Å². The van der Waals surface area contributed by atoms with Crippen LogP contribution in [0.5, 0.6) is 5.75 Å². The lowest BCUT2D eigenvalue weighted by atomic mass is 9.95. The molecule has 3 aromatic rings. The molecule has 1 aliphatic rings. The third-order valence-corrected chi connectivity index (χ3v) is 5.58. The topological polar surface area (TPSA) is 102 Å². The largest absolute Gasteiger partial charge is 0.868 e. The zero-order chi connectivity index (χ0) is 23.4. The zero-order valence-corrected chi connectivity index (χ0v) is 18.7. The third kappa shape index (κ3) is 4.69. The summed E-state index contributed by atoms with van der Waals surface area (Å²) in [6.45, 7) is 5.34. The number of Topliss-reactive ketones (excluding diaryl/α,β-unsaturated/α-hetero) is 1. The number of rotatable bonds is 10. The number of carbonyl (C=O) groups is 2. The first-order valence-electron chi connectivity index (χ1n) is 11.1. The quantitative estimate of drug-likeness (QED) is 0.378. The summed E-state index contributed by atoms with van der Waals surface area (Å²) in [7, 11) is 0. The molecule has 0 fully saturated rings. The number of nitrogens with one attached hydrogen (secondary N) is 1. The van der Waals surface area contributed by atoms with Gasteiger partial charge < -0.3 is 19.2 Å². The predicted octanol–water partition coefficient (Wildman–Crippen LogP) is 2.46. The van der Waals surface area contributed by atoms with Crippen molar-refractivity contribution >= 4 is 11.7 Å². The van der Waals surface area contributed by atoms with Crippen molar-refractivity contribution in [2.45, 2.75) is 39.3 Å². The molecule has 172 valence electrons. The van der Waals surface area contributed by atoms with Crippen LogP contribution in [-0.4, -0.2) is 34.7 Å². The zero-order valence-electron chi connectivity index (χ0n) is 18.7. The molecule has 0 radical (unpaired) electrons. The molecule has 1 N–H and O–H groups in total. The number of aryl methyl sites for hydroxylation is 2. The van der Waals surface area contributed by atoms with E-state index in [9.17, 15) is 14.7 Å². The van der Waals surface area contributed by atoms with Crippen LogP contribution in [0.25, 0.3) is 0 Å². The molecule has 4 rings (SSSR count). The highest BCUT2D eigenvalue weighted by molar-refractivity contribution is 6.14. The van der Waals surface area contributed by atoms with Crippen molar-refractivity contribution in [3.63, 3.8) is 0 Å². The number of carbonyl (C=O) groups excluding carboxylic acids is 2. The molecule has 1 unspecified atom stereocenters. The maximum atomic E-state index is 13.3. The van der Waals surface area contributed by atoms with Gasteiger partial charge in [-0.15, -0.1) is 0 Å². The minimum Gasteiger partial charge on any atom is -0.868 e. The van der Waals surface area contributed by atoms with Crippen LogP contribution in [0, 0.1) is 6.92 Å². The molecule has 0 bridgehead atoms. The standard InChI is InChI=1S/C25H27N3O5/c1-3-15-32-19-8-6-18(7-9-19)22-21(23(29)20-10-5-17(2)33-20)24(30)25(31)28(22)13-4-12-27-14-11-26-16-27/h5-11,14,16,22H,3-4,12-13,15H2,1-2H3,(H,29,30). The van der Waals surface area contributed by atoms with Gasteiger partial charge in [-0.3, -0.25) is 14.6 Å². The van der Waals surface area contributed by atoms with Crippen molar-refractivity contribution < 1.29 is 28.4 Å². The highest BCUT2D eigenvalue weighted by atomic mass is 16.5. The smallest absolute Gasteiger partial charge is 0.241 e. The van der Waals surface area contributed by atoms with E-state index in [1.54, 1.807) is 37.3 Å². The number of H-pyrrole nitrogens is 1. The molecule has 1 aromatic carbocycles. The first kappa shape index (κ1) is 22.4. The number of imidazole rings is 1. The van der Waals surface area contributed by atoms with Crippen molar-refractivity contribution in [1.29, 1.82) is 0 Å². The molecular formula is C25H27N3O5. The lowest BCUT2D eigenvalue weighted by molar-refractivity contribution is -0.695. The summed E-state index contributed by atoms with van der Waals surface area (Å²) in [5.41, 5.74) is 0.602. The van der Waals surface area contributed by atoms with E-state index in [1.165, 1.54) is 11.0 Å². The number of amides is 1. The van der Waals surface area contributed by atoms with Gasteiger partial charge in [0.1, 0.15) is 23.9 Å². The van der Waals surface area contributed by atoms with Crippen LogP contribution in [0.3, 0.4) is 0 Å². The Morgan fingerprint density at radius 2 is 2.03 bits per heavy atom. The normalized spacial score (nSPS) is 16.0. The second-order valence-corrected chi connectivity index (χ2v) is 8.00. The van der Waals surface area contributed by atoms with Gasteiger partial charge >= 0.3 is 0 Å². The van der Waals surface area contributed by atoms with Gasteiger partial charge in [0.25, 0.3) is 0 Å². The average molecular weight is 450 g/mol. The van der Waals surface area contributed by atoms with Crippen LogP contribution in [-0.2, 0) is 11.3 Å². The Morgan fingerprint density at radius 3 is 2.67 bits per heavy atom. The molecule has 1 amide bonds. The van der Waals surface area contributed by atoms with Gasteiger partial charge in [-0.25, -0.2) is 4.57 Å². The van der Waals surface area contributed by atoms with Crippen molar-refractivity contribution in [2.24, 2.45) is 0 Å². The first-order valence-corrected chi connectivity index (χ1v) is 11.1. The lowest BCUT2D eigenvalue weighted by Gasteiger charge is -2.27. The monoisotopic (exact) mass is 449 g/mol. The van der Waals surface area contributed by atoms with Gasteiger partial charge in [-0.2, -0.15) is 0 Å². The fraction of sp³-hybridized carbons (Fsp3) is 0.320. The highest BCUT2D eigenvalue weighted by Crippen LogP contribution is 2.39. The van der Waals surface area contributed by atoms with E-state index >= 15 is 0 Å². The molecule has 0 saturated carbocycles. The van der Waals surface area contributed by atoms with Gasteiger partial charge in [0.2, 0.25) is 18.0 Å². The van der Waals surface area contributed by atoms with Crippen LogP contribution >= 0.6 is 0 Å². The third-order valence-electron chi connectivity index (χ3n) is 5.58. The Balaban J connectivity index is 1.64. The molecular weight excluding hydrogens is 422 g/mol. The van der Waals surface area contributed by atoms with E-state index in [2.05, 4.69) is 4.98 Å². The number of aromatic nitrogens is 2. The summed E-state index contributed by atoms with van der Waals surface area (Å²) in [5, 5.41) is 13.0. The van der Waals surface area contributed by atoms with E-state index in [0.717, 1.165) is 6.42 Å². The molecule has 3 heterocycles. The summed E-state index contributed by atoms with van der Waals surface area (Å²) in [6.07, 6.45) is 7.03. The van der Waals surface area contributed by atoms with E-state index < -0.39 is 23.5 Å². The second kappa shape index (κ2) is 9.77. The van der Waals surface area contributed by atoms with Gasteiger partial charge in [0.05, 0.1) is 19.2 Å². The van der Waals surface area contributed by atoms with Crippen molar-refractivity contribution in [2.75, 3.05) is 13.2 Å². The molecule has 0 saturated heterocycles. The number of nitrogens with zero attached hydrogens (tertiary/aromatic N) is 2. The molecule has 1 atom stereocenters. The SMILES string of the molecule is CCCOc1ccc(C2C(C(=O)c3ccc(C)o3)=C([O-])C(=O)N2CCC[n+]2cc[nH]c2)cc1. The van der Waals surface area contributed by atoms with E-state index in [0.29, 0.717) is 43.2 Å². The summed E-state index contributed by atoms with van der Waals surface area (Å²) in [5.74, 6) is -0.690. The Kier molecular flexibility index (Phi) is 6.63. The Hall–Kier alpha value is -3.81. The van der Waals surface area contributed by atoms with E-state index in [1.807, 2.05) is 30.2 Å². The summed E-state index contributed by atoms with van der Waals surface area (Å²) >= 11 is 0. The fourth-order valence-corrected chi connectivity index (χ4v) is 3.99. The van der Waals surface area contributed by atoms with Crippen molar-refractivity contribution in [3.05, 3.63) is 83.5 Å². The van der Waals surface area contributed by atoms with E-state index in [4.69, 9.17) is 9.15 Å². The number of hydrogen-bond donors (Lipinski definition) is 1. The summed E-state index contributed by atoms with van der Waals surface area (Å²) in [6, 6.07) is 9.62. The molecule has 8 nitrogen and oxygen atoms in total. The van der Waals surface area contributed by atoms with Gasteiger partial charge in [0.15, 0.2) is 5.76 Å². The maximum absolute atomic E-state index is 13.3. The van der Waals surface area contributed by atoms with Gasteiger partial charge in [-0.05, 0) is 48.9 Å². The van der Waals surface area contributed by atoms with Gasteiger partial charge in [0, 0.05) is 18.5 Å². The number of aromatic amines is 1. The highest BCUT2D eigenvalue weighted by Gasteiger charge is 2.40. The van der Waals surface area contributed by atoms with Crippen molar-refractivity contribution in [1.82, 2.24) is 9.88 Å². The van der Waals surface area contributed by atoms with E-state index in [-0.39, 0.29) is 11.3 Å². The molecule has 33 heavy (non-hydrogen) atoms. The Labute approximate surface area is 192 Å². The number of hydrogen-bond acceptors (Lipinski definition) is 5. The molecule has 8 heteroatoms. The molecule has 2 aromatic heterocycles. The summed E-state index contributed by atoms with van der Waals surface area (Å²) < 4.78 is 13.1. The predicted molar refractivity (Wildman–Crippen MR) is 117 cm³/mol. The van der Waals surface area contributed by atoms with Gasteiger partial charge in [-0.1, -0.05) is 19.1 Å². The lowest BCUT2D eigenvalue weighted by Crippen LogP contribution is -2.37. The minimum absolute atomic E-state index is 0.0567. The van der Waals surface area contributed by atoms with Crippen LogP contribution in [0.15, 0.2) is 70.9 Å². The second-order valence-electron chi connectivity index (χ2n) is 8.00. The fourth-order valence-electron chi connectivity index (χ4n) is 3.99. The summed E-state index contributed by atoms with van der Waals surface area (Å²) in [4.78, 5) is 30.7. The average Bonchev–Trinajstić information content (AvgIpc) is 3.55. The molecule has 0 spiro atoms. The maximum Gasteiger partial charge on any atom is 0.241 e. The van der Waals surface area contributed by atoms with Crippen LogP contribution in [0.1, 0.15) is 47.7 Å². The minimum atomic E-state index is -0.778. The molecule has 0 aliphatic carbocycles. The van der Waals surface area contributed by atoms with Crippen LogP contribution in [0.4, 0.5) is 0 Å². The Morgan fingerprint density at radius 1 is 1.24 bits per heavy atom.